The molecule has 2 saturated heterocycles. The summed E-state index contributed by atoms with van der Waals surface area (Å²) in [6, 6.07) is 0. The Morgan fingerprint density at radius 2 is 1.91 bits per heavy atom. The lowest BCUT2D eigenvalue weighted by molar-refractivity contribution is -0.137. The number of hydrogen-bond acceptors (Lipinski definition) is 4. The van der Waals surface area contributed by atoms with Crippen molar-refractivity contribution in [3.8, 4) is 0 Å². The number of likely N-dealkylation sites (tertiary alicyclic amines) is 1. The fourth-order valence-corrected chi connectivity index (χ4v) is 4.11. The Balaban J connectivity index is 1.62. The summed E-state index contributed by atoms with van der Waals surface area (Å²) in [5.74, 6) is 1.12. The fraction of sp³-hybridized carbons (Fsp3) is 0.765. The maximum atomic E-state index is 13.5. The Bertz CT molecular complexity index is 586. The lowest BCUT2D eigenvalue weighted by atomic mass is 9.82. The van der Waals surface area contributed by atoms with Gasteiger partial charge < -0.3 is 9.80 Å². The summed E-state index contributed by atoms with van der Waals surface area (Å²) in [6.07, 6.45) is 8.35. The Morgan fingerprint density at radius 1 is 1.17 bits per heavy atom. The highest BCUT2D eigenvalue weighted by molar-refractivity contribution is 6.01. The molecule has 1 aromatic rings. The van der Waals surface area contributed by atoms with Crippen molar-refractivity contribution in [3.63, 3.8) is 0 Å². The SMILES string of the molecule is CN1CCC2(CC1)C(=O)N(c1cnn(C)c1)CCN2CC1CC1. The zero-order chi connectivity index (χ0) is 16.0. The molecule has 0 atom stereocenters. The van der Waals surface area contributed by atoms with Crippen LogP contribution in [0.1, 0.15) is 25.7 Å². The summed E-state index contributed by atoms with van der Waals surface area (Å²) in [6.45, 7) is 4.90. The van der Waals surface area contributed by atoms with Crippen LogP contribution in [0.2, 0.25) is 0 Å². The minimum atomic E-state index is -0.289. The highest BCUT2D eigenvalue weighted by atomic mass is 16.2. The average Bonchev–Trinajstić information content (AvgIpc) is 3.26. The van der Waals surface area contributed by atoms with Gasteiger partial charge >= 0.3 is 0 Å². The van der Waals surface area contributed by atoms with Gasteiger partial charge in [0.05, 0.1) is 11.9 Å². The van der Waals surface area contributed by atoms with E-state index in [2.05, 4.69) is 21.9 Å². The Labute approximate surface area is 138 Å². The van der Waals surface area contributed by atoms with Gasteiger partial charge in [0.2, 0.25) is 5.91 Å². The van der Waals surface area contributed by atoms with Crippen LogP contribution < -0.4 is 4.90 Å². The molecule has 0 unspecified atom stereocenters. The number of aromatic nitrogens is 2. The summed E-state index contributed by atoms with van der Waals surface area (Å²) in [5, 5.41) is 4.25. The minimum absolute atomic E-state index is 0.289. The van der Waals surface area contributed by atoms with Crippen LogP contribution >= 0.6 is 0 Å². The van der Waals surface area contributed by atoms with Crippen molar-refractivity contribution in [3.05, 3.63) is 12.4 Å². The number of carbonyl (C=O) groups is 1. The molecule has 6 nitrogen and oxygen atoms in total. The number of aryl methyl sites for hydroxylation is 1. The van der Waals surface area contributed by atoms with E-state index in [0.29, 0.717) is 5.91 Å². The van der Waals surface area contributed by atoms with Crippen LogP contribution in [0.3, 0.4) is 0 Å². The molecule has 1 amide bonds. The van der Waals surface area contributed by atoms with Crippen LogP contribution in [0.5, 0.6) is 0 Å². The van der Waals surface area contributed by atoms with Crippen LogP contribution in [0, 0.1) is 5.92 Å². The molecule has 1 spiro atoms. The zero-order valence-electron chi connectivity index (χ0n) is 14.2. The number of piperazine rings is 1. The van der Waals surface area contributed by atoms with E-state index >= 15 is 0 Å². The summed E-state index contributed by atoms with van der Waals surface area (Å²) in [5.41, 5.74) is 0.658. The van der Waals surface area contributed by atoms with Gasteiger partial charge in [-0.05, 0) is 38.6 Å². The number of piperidine rings is 1. The molecule has 3 fully saturated rings. The molecule has 1 aliphatic carbocycles. The molecular formula is C17H27N5O. The lowest BCUT2D eigenvalue weighted by Gasteiger charge is -2.52. The first kappa shape index (κ1) is 15.1. The van der Waals surface area contributed by atoms with E-state index in [1.807, 2.05) is 24.3 Å². The van der Waals surface area contributed by atoms with E-state index in [9.17, 15) is 4.79 Å². The smallest absolute Gasteiger partial charge is 0.247 e. The molecule has 126 valence electrons. The zero-order valence-corrected chi connectivity index (χ0v) is 14.2. The molecule has 3 heterocycles. The van der Waals surface area contributed by atoms with Crippen molar-refractivity contribution < 1.29 is 4.79 Å². The average molecular weight is 317 g/mol. The van der Waals surface area contributed by atoms with Crippen LogP contribution in [0.15, 0.2) is 12.4 Å². The van der Waals surface area contributed by atoms with E-state index in [-0.39, 0.29) is 5.54 Å². The first-order valence-corrected chi connectivity index (χ1v) is 8.83. The first-order valence-electron chi connectivity index (χ1n) is 8.83. The number of nitrogens with zero attached hydrogens (tertiary/aromatic N) is 5. The van der Waals surface area contributed by atoms with Gasteiger partial charge in [-0.25, -0.2) is 0 Å². The van der Waals surface area contributed by atoms with Gasteiger partial charge in [-0.3, -0.25) is 14.4 Å². The molecule has 0 radical (unpaired) electrons. The van der Waals surface area contributed by atoms with E-state index in [1.54, 1.807) is 4.68 Å². The molecule has 6 heteroatoms. The van der Waals surface area contributed by atoms with Crippen molar-refractivity contribution in [1.82, 2.24) is 19.6 Å². The summed E-state index contributed by atoms with van der Waals surface area (Å²) >= 11 is 0. The van der Waals surface area contributed by atoms with E-state index in [4.69, 9.17) is 0 Å². The van der Waals surface area contributed by atoms with Gasteiger partial charge in [0.25, 0.3) is 0 Å². The Hall–Kier alpha value is -1.40. The van der Waals surface area contributed by atoms with Gasteiger partial charge in [0, 0.05) is 46.0 Å². The third-order valence-corrected chi connectivity index (χ3v) is 5.83. The number of hydrogen-bond donors (Lipinski definition) is 0. The van der Waals surface area contributed by atoms with Crippen molar-refractivity contribution in [2.75, 3.05) is 44.7 Å². The molecule has 3 aliphatic rings. The predicted octanol–water partition coefficient (Wildman–Crippen LogP) is 0.943. The summed E-state index contributed by atoms with van der Waals surface area (Å²) in [4.78, 5) is 20.3. The second-order valence-electron chi connectivity index (χ2n) is 7.55. The Morgan fingerprint density at radius 3 is 2.52 bits per heavy atom. The topological polar surface area (TPSA) is 44.6 Å². The van der Waals surface area contributed by atoms with E-state index in [1.165, 1.54) is 12.8 Å². The standard InChI is InChI=1S/C17H27N5O/c1-19-7-5-17(6-8-19)16(23)22(15-11-18-20(2)13-15)10-9-21(17)12-14-3-4-14/h11,13-14H,3-10,12H2,1-2H3. The van der Waals surface area contributed by atoms with Crippen LogP contribution in [-0.2, 0) is 11.8 Å². The van der Waals surface area contributed by atoms with Gasteiger partial charge in [-0.15, -0.1) is 0 Å². The molecular weight excluding hydrogens is 290 g/mol. The van der Waals surface area contributed by atoms with E-state index < -0.39 is 0 Å². The maximum Gasteiger partial charge on any atom is 0.247 e. The molecule has 0 bridgehead atoms. The number of rotatable bonds is 3. The molecule has 23 heavy (non-hydrogen) atoms. The van der Waals surface area contributed by atoms with Crippen LogP contribution in [-0.4, -0.2) is 70.8 Å². The Kier molecular flexibility index (Phi) is 3.69. The molecule has 0 N–H and O–H groups in total. The first-order chi connectivity index (χ1) is 11.1. The summed E-state index contributed by atoms with van der Waals surface area (Å²) in [7, 11) is 4.06. The minimum Gasteiger partial charge on any atom is -0.307 e. The van der Waals surface area contributed by atoms with Crippen molar-refractivity contribution in [2.45, 2.75) is 31.2 Å². The van der Waals surface area contributed by atoms with Gasteiger partial charge in [-0.2, -0.15) is 5.10 Å². The second-order valence-corrected chi connectivity index (χ2v) is 7.55. The number of anilines is 1. The molecule has 2 aliphatic heterocycles. The predicted molar refractivity (Wildman–Crippen MR) is 89.3 cm³/mol. The molecule has 1 saturated carbocycles. The van der Waals surface area contributed by atoms with E-state index in [0.717, 1.165) is 57.2 Å². The van der Waals surface area contributed by atoms with Crippen molar-refractivity contribution >= 4 is 11.6 Å². The molecule has 1 aromatic heterocycles. The number of amides is 1. The van der Waals surface area contributed by atoms with Gasteiger partial charge in [0.15, 0.2) is 0 Å². The second kappa shape index (κ2) is 5.60. The van der Waals surface area contributed by atoms with Crippen LogP contribution in [0.25, 0.3) is 0 Å². The normalized spacial score (nSPS) is 26.2. The monoisotopic (exact) mass is 317 g/mol. The quantitative estimate of drug-likeness (QED) is 0.832. The van der Waals surface area contributed by atoms with Crippen LogP contribution in [0.4, 0.5) is 5.69 Å². The largest absolute Gasteiger partial charge is 0.307 e. The molecule has 0 aromatic carbocycles. The third kappa shape index (κ3) is 2.68. The van der Waals surface area contributed by atoms with Gasteiger partial charge in [-0.1, -0.05) is 0 Å². The van der Waals surface area contributed by atoms with Gasteiger partial charge in [0.1, 0.15) is 5.54 Å². The van der Waals surface area contributed by atoms with Crippen molar-refractivity contribution in [1.29, 1.82) is 0 Å². The maximum absolute atomic E-state index is 13.5. The highest BCUT2D eigenvalue weighted by Gasteiger charge is 2.51. The lowest BCUT2D eigenvalue weighted by Crippen LogP contribution is -2.69. The highest BCUT2D eigenvalue weighted by Crippen LogP contribution is 2.39. The third-order valence-electron chi connectivity index (χ3n) is 5.83. The fourth-order valence-electron chi connectivity index (χ4n) is 4.11. The summed E-state index contributed by atoms with van der Waals surface area (Å²) < 4.78 is 1.78. The van der Waals surface area contributed by atoms with Crippen molar-refractivity contribution in [2.24, 2.45) is 13.0 Å². The molecule has 4 rings (SSSR count). The number of carbonyl (C=O) groups excluding carboxylic acids is 1.